The summed E-state index contributed by atoms with van der Waals surface area (Å²) in [7, 11) is 0. The fourth-order valence-corrected chi connectivity index (χ4v) is 3.84. The molecule has 1 aromatic carbocycles. The number of likely N-dealkylation sites (tertiary alicyclic amines) is 1. The molecule has 1 atom stereocenters. The number of hydrogen-bond donors (Lipinski definition) is 0. The minimum atomic E-state index is 0.0149. The molecular weight excluding hydrogens is 308 g/mol. The van der Waals surface area contributed by atoms with Gasteiger partial charge in [0.25, 0.3) is 0 Å². The average molecular weight is 336 g/mol. The Kier molecular flexibility index (Phi) is 6.21. The lowest BCUT2D eigenvalue weighted by molar-refractivity contribution is -0.134. The predicted molar refractivity (Wildman–Crippen MR) is 101 cm³/mol. The van der Waals surface area contributed by atoms with Crippen molar-refractivity contribution in [3.8, 4) is 0 Å². The molecule has 0 bridgehead atoms. The SMILES string of the molecule is CCC[C@@H](C(=O)N1CCC(Cc2cccnc2)CC1)c1ccccc1. The van der Waals surface area contributed by atoms with E-state index in [4.69, 9.17) is 0 Å². The molecule has 1 saturated heterocycles. The fourth-order valence-electron chi connectivity index (χ4n) is 3.84. The van der Waals surface area contributed by atoms with E-state index in [1.807, 2.05) is 36.7 Å². The molecule has 2 aromatic rings. The van der Waals surface area contributed by atoms with Gasteiger partial charge in [0.1, 0.15) is 0 Å². The number of carbonyl (C=O) groups is 1. The van der Waals surface area contributed by atoms with Gasteiger partial charge < -0.3 is 4.90 Å². The summed E-state index contributed by atoms with van der Waals surface area (Å²) < 4.78 is 0. The number of benzene rings is 1. The Labute approximate surface area is 151 Å². The van der Waals surface area contributed by atoms with Crippen molar-refractivity contribution in [2.75, 3.05) is 13.1 Å². The van der Waals surface area contributed by atoms with Gasteiger partial charge in [-0.3, -0.25) is 9.78 Å². The van der Waals surface area contributed by atoms with Gasteiger partial charge in [-0.25, -0.2) is 0 Å². The molecule has 3 nitrogen and oxygen atoms in total. The largest absolute Gasteiger partial charge is 0.342 e. The maximum atomic E-state index is 13.1. The number of pyridine rings is 1. The highest BCUT2D eigenvalue weighted by molar-refractivity contribution is 5.83. The first kappa shape index (κ1) is 17.7. The van der Waals surface area contributed by atoms with E-state index in [-0.39, 0.29) is 5.92 Å². The summed E-state index contributed by atoms with van der Waals surface area (Å²) in [5.41, 5.74) is 2.47. The normalized spacial score (nSPS) is 16.6. The van der Waals surface area contributed by atoms with Crippen molar-refractivity contribution in [2.24, 2.45) is 5.92 Å². The second-order valence-corrected chi connectivity index (χ2v) is 7.09. The van der Waals surface area contributed by atoms with Crippen molar-refractivity contribution in [3.05, 3.63) is 66.0 Å². The highest BCUT2D eigenvalue weighted by Gasteiger charge is 2.28. The van der Waals surface area contributed by atoms with Gasteiger partial charge in [-0.2, -0.15) is 0 Å². The van der Waals surface area contributed by atoms with Crippen LogP contribution in [0.1, 0.15) is 49.7 Å². The van der Waals surface area contributed by atoms with Crippen LogP contribution in [0.3, 0.4) is 0 Å². The Morgan fingerprint density at radius 2 is 1.92 bits per heavy atom. The van der Waals surface area contributed by atoms with E-state index in [1.54, 1.807) is 0 Å². The minimum absolute atomic E-state index is 0.0149. The first-order chi connectivity index (χ1) is 12.3. The van der Waals surface area contributed by atoms with Crippen LogP contribution in [0.4, 0.5) is 0 Å². The number of carbonyl (C=O) groups excluding carboxylic acids is 1. The molecule has 2 heterocycles. The molecule has 1 aliphatic heterocycles. The molecule has 25 heavy (non-hydrogen) atoms. The Morgan fingerprint density at radius 3 is 2.56 bits per heavy atom. The Morgan fingerprint density at radius 1 is 1.16 bits per heavy atom. The van der Waals surface area contributed by atoms with Gasteiger partial charge in [0, 0.05) is 25.5 Å². The summed E-state index contributed by atoms with van der Waals surface area (Å²) in [5, 5.41) is 0. The van der Waals surface area contributed by atoms with E-state index in [0.717, 1.165) is 50.8 Å². The van der Waals surface area contributed by atoms with Gasteiger partial charge in [0.05, 0.1) is 5.92 Å². The van der Waals surface area contributed by atoms with Crippen LogP contribution in [0.25, 0.3) is 0 Å². The number of nitrogens with zero attached hydrogens (tertiary/aromatic N) is 2. The highest BCUT2D eigenvalue weighted by atomic mass is 16.2. The molecular formula is C22H28N2O. The zero-order chi connectivity index (χ0) is 17.5. The first-order valence-corrected chi connectivity index (χ1v) is 9.50. The van der Waals surface area contributed by atoms with Crippen molar-refractivity contribution in [1.29, 1.82) is 0 Å². The lowest BCUT2D eigenvalue weighted by atomic mass is 9.88. The Balaban J connectivity index is 1.58. The third-order valence-electron chi connectivity index (χ3n) is 5.25. The highest BCUT2D eigenvalue weighted by Crippen LogP contribution is 2.27. The monoisotopic (exact) mass is 336 g/mol. The summed E-state index contributed by atoms with van der Waals surface area (Å²) in [4.78, 5) is 19.4. The van der Waals surface area contributed by atoms with Gasteiger partial charge in [0.2, 0.25) is 5.91 Å². The Hall–Kier alpha value is -2.16. The number of rotatable bonds is 6. The van der Waals surface area contributed by atoms with Crippen LogP contribution < -0.4 is 0 Å². The molecule has 0 saturated carbocycles. The fraction of sp³-hybridized carbons (Fsp3) is 0.455. The van der Waals surface area contributed by atoms with Gasteiger partial charge >= 0.3 is 0 Å². The maximum absolute atomic E-state index is 13.1. The third-order valence-corrected chi connectivity index (χ3v) is 5.25. The van der Waals surface area contributed by atoms with Crippen LogP contribution in [0, 0.1) is 5.92 Å². The molecule has 1 aliphatic rings. The van der Waals surface area contributed by atoms with Crippen LogP contribution >= 0.6 is 0 Å². The molecule has 1 amide bonds. The topological polar surface area (TPSA) is 33.2 Å². The van der Waals surface area contributed by atoms with Gasteiger partial charge in [-0.1, -0.05) is 49.7 Å². The van der Waals surface area contributed by atoms with Gasteiger partial charge in [-0.05, 0) is 48.8 Å². The quantitative estimate of drug-likeness (QED) is 0.781. The van der Waals surface area contributed by atoms with E-state index in [9.17, 15) is 4.79 Å². The van der Waals surface area contributed by atoms with Gasteiger partial charge in [-0.15, -0.1) is 0 Å². The molecule has 0 unspecified atom stereocenters. The molecule has 0 spiro atoms. The molecule has 0 radical (unpaired) electrons. The lowest BCUT2D eigenvalue weighted by Crippen LogP contribution is -2.41. The van der Waals surface area contributed by atoms with E-state index in [2.05, 4.69) is 35.0 Å². The van der Waals surface area contributed by atoms with E-state index < -0.39 is 0 Å². The summed E-state index contributed by atoms with van der Waals surface area (Å²) in [6.45, 7) is 3.93. The summed E-state index contributed by atoms with van der Waals surface area (Å²) >= 11 is 0. The minimum Gasteiger partial charge on any atom is -0.342 e. The summed E-state index contributed by atoms with van der Waals surface area (Å²) in [5.74, 6) is 0.989. The van der Waals surface area contributed by atoms with E-state index in [1.165, 1.54) is 5.56 Å². The first-order valence-electron chi connectivity index (χ1n) is 9.50. The zero-order valence-electron chi connectivity index (χ0n) is 15.1. The van der Waals surface area contributed by atoms with Crippen molar-refractivity contribution in [1.82, 2.24) is 9.88 Å². The maximum Gasteiger partial charge on any atom is 0.230 e. The Bertz CT molecular complexity index is 648. The number of aromatic nitrogens is 1. The number of piperidine rings is 1. The second-order valence-electron chi connectivity index (χ2n) is 7.09. The summed E-state index contributed by atoms with van der Waals surface area (Å²) in [6.07, 6.45) is 9.00. The van der Waals surface area contributed by atoms with Gasteiger partial charge in [0.15, 0.2) is 0 Å². The molecule has 0 aliphatic carbocycles. The lowest BCUT2D eigenvalue weighted by Gasteiger charge is -2.34. The van der Waals surface area contributed by atoms with Crippen molar-refractivity contribution < 1.29 is 4.79 Å². The van der Waals surface area contributed by atoms with Crippen LogP contribution in [0.15, 0.2) is 54.9 Å². The van der Waals surface area contributed by atoms with Crippen molar-refractivity contribution in [2.45, 2.75) is 44.9 Å². The van der Waals surface area contributed by atoms with Crippen LogP contribution in [-0.4, -0.2) is 28.9 Å². The number of amides is 1. The summed E-state index contributed by atoms with van der Waals surface area (Å²) in [6, 6.07) is 14.4. The zero-order valence-corrected chi connectivity index (χ0v) is 15.1. The molecule has 0 N–H and O–H groups in total. The van der Waals surface area contributed by atoms with E-state index in [0.29, 0.717) is 11.8 Å². The van der Waals surface area contributed by atoms with Crippen LogP contribution in [0.2, 0.25) is 0 Å². The molecule has 1 fully saturated rings. The predicted octanol–water partition coefficient (Wildman–Crippen LogP) is 4.45. The molecule has 3 rings (SSSR count). The average Bonchev–Trinajstić information content (AvgIpc) is 2.68. The third kappa shape index (κ3) is 4.68. The standard InChI is InChI=1S/C22H28N2O/c1-2-7-21(20-9-4-3-5-10-20)22(25)24-14-11-18(12-15-24)16-19-8-6-13-23-17-19/h3-6,8-10,13,17-18,21H,2,7,11-12,14-16H2,1H3/t21-/m1/s1. The van der Waals surface area contributed by atoms with Crippen molar-refractivity contribution in [3.63, 3.8) is 0 Å². The number of hydrogen-bond acceptors (Lipinski definition) is 2. The van der Waals surface area contributed by atoms with Crippen LogP contribution in [0.5, 0.6) is 0 Å². The van der Waals surface area contributed by atoms with E-state index >= 15 is 0 Å². The molecule has 3 heteroatoms. The second kappa shape index (κ2) is 8.80. The van der Waals surface area contributed by atoms with Crippen LogP contribution in [-0.2, 0) is 11.2 Å². The van der Waals surface area contributed by atoms with Crippen molar-refractivity contribution >= 4 is 5.91 Å². The molecule has 1 aromatic heterocycles. The smallest absolute Gasteiger partial charge is 0.230 e. The molecule has 132 valence electrons.